The molecule has 1 aromatic carbocycles. The monoisotopic (exact) mass is 262 g/mol. The van der Waals surface area contributed by atoms with Crippen LogP contribution in [0.4, 0.5) is 5.69 Å². The Balaban J connectivity index is 1.79. The molecule has 0 bridgehead atoms. The van der Waals surface area contributed by atoms with E-state index in [4.69, 9.17) is 22.1 Å². The third-order valence-corrected chi connectivity index (χ3v) is 2.83. The minimum Gasteiger partial charge on any atom is -0.398 e. The Morgan fingerprint density at radius 1 is 1.22 bits per heavy atom. The lowest BCUT2D eigenvalue weighted by molar-refractivity contribution is 0.123. The molecule has 0 unspecified atom stereocenters. The van der Waals surface area contributed by atoms with Gasteiger partial charge in [-0.25, -0.2) is 0 Å². The number of nitrogen functional groups attached to an aromatic ring is 1. The lowest BCUT2D eigenvalue weighted by atomic mass is 10.2. The fraction of sp³-hybridized carbons (Fsp3) is 0.214. The molecule has 2 aromatic rings. The molecule has 18 heavy (non-hydrogen) atoms. The second-order valence-corrected chi connectivity index (χ2v) is 4.40. The Morgan fingerprint density at radius 3 is 2.83 bits per heavy atom. The number of ether oxygens (including phenoxy) is 1. The first-order valence-electron chi connectivity index (χ1n) is 5.77. The highest BCUT2D eigenvalue weighted by Crippen LogP contribution is 2.18. The fourth-order valence-electron chi connectivity index (χ4n) is 1.60. The zero-order valence-electron chi connectivity index (χ0n) is 9.97. The Morgan fingerprint density at radius 2 is 2.11 bits per heavy atom. The maximum atomic E-state index is 5.84. The molecule has 0 atom stereocenters. The molecule has 0 radical (unpaired) electrons. The summed E-state index contributed by atoms with van der Waals surface area (Å²) < 4.78 is 5.58. The molecular weight excluding hydrogens is 248 g/mol. The van der Waals surface area contributed by atoms with Gasteiger partial charge >= 0.3 is 0 Å². The molecule has 0 fully saturated rings. The van der Waals surface area contributed by atoms with E-state index in [1.54, 1.807) is 12.3 Å². The maximum Gasteiger partial charge on any atom is 0.0737 e. The number of aromatic nitrogens is 1. The van der Waals surface area contributed by atoms with Crippen LogP contribution in [0.1, 0.15) is 11.3 Å². The second-order valence-electron chi connectivity index (χ2n) is 3.97. The number of hydrogen-bond donors (Lipinski definition) is 1. The average molecular weight is 263 g/mol. The van der Waals surface area contributed by atoms with Crippen LogP contribution in [-0.2, 0) is 17.8 Å². The Hall–Kier alpha value is -1.58. The van der Waals surface area contributed by atoms with Gasteiger partial charge in [0.2, 0.25) is 0 Å². The van der Waals surface area contributed by atoms with Crippen molar-refractivity contribution < 1.29 is 4.74 Å². The number of pyridine rings is 1. The highest BCUT2D eigenvalue weighted by atomic mass is 35.5. The molecule has 0 saturated carbocycles. The lowest BCUT2D eigenvalue weighted by Gasteiger charge is -2.07. The van der Waals surface area contributed by atoms with Gasteiger partial charge in [-0.3, -0.25) is 4.98 Å². The standard InChI is InChI=1S/C14H15ClN2O/c15-12-5-4-11(14(16)9-12)10-18-8-6-13-3-1-2-7-17-13/h1-5,7,9H,6,8,10,16H2. The molecule has 4 heteroatoms. The minimum absolute atomic E-state index is 0.496. The van der Waals surface area contributed by atoms with Crippen LogP contribution in [0.25, 0.3) is 0 Å². The van der Waals surface area contributed by atoms with Crippen LogP contribution in [-0.4, -0.2) is 11.6 Å². The van der Waals surface area contributed by atoms with Crippen LogP contribution < -0.4 is 5.73 Å². The van der Waals surface area contributed by atoms with Crippen LogP contribution in [0, 0.1) is 0 Å². The smallest absolute Gasteiger partial charge is 0.0737 e. The molecule has 3 nitrogen and oxygen atoms in total. The molecular formula is C14H15ClN2O. The summed E-state index contributed by atoms with van der Waals surface area (Å²) in [5, 5.41) is 0.643. The van der Waals surface area contributed by atoms with E-state index in [0.717, 1.165) is 17.7 Å². The molecule has 0 amide bonds. The Bertz CT molecular complexity index is 502. The maximum absolute atomic E-state index is 5.84. The number of nitrogens with zero attached hydrogens (tertiary/aromatic N) is 1. The van der Waals surface area contributed by atoms with Crippen molar-refractivity contribution in [2.45, 2.75) is 13.0 Å². The molecule has 1 heterocycles. The van der Waals surface area contributed by atoms with Crippen molar-refractivity contribution in [1.29, 1.82) is 0 Å². The van der Waals surface area contributed by atoms with Crippen molar-refractivity contribution >= 4 is 17.3 Å². The van der Waals surface area contributed by atoms with Gasteiger partial charge in [-0.05, 0) is 24.3 Å². The van der Waals surface area contributed by atoms with E-state index in [1.807, 2.05) is 30.3 Å². The van der Waals surface area contributed by atoms with Crippen molar-refractivity contribution in [1.82, 2.24) is 4.98 Å². The van der Waals surface area contributed by atoms with Crippen molar-refractivity contribution in [3.05, 3.63) is 58.9 Å². The number of hydrogen-bond acceptors (Lipinski definition) is 3. The first-order chi connectivity index (χ1) is 8.75. The van der Waals surface area contributed by atoms with Crippen LogP contribution in [0.3, 0.4) is 0 Å². The topological polar surface area (TPSA) is 48.1 Å². The summed E-state index contributed by atoms with van der Waals surface area (Å²) in [4.78, 5) is 4.23. The van der Waals surface area contributed by atoms with Crippen molar-refractivity contribution in [3.63, 3.8) is 0 Å². The van der Waals surface area contributed by atoms with Gasteiger partial charge in [0.1, 0.15) is 0 Å². The third kappa shape index (κ3) is 3.72. The van der Waals surface area contributed by atoms with E-state index in [9.17, 15) is 0 Å². The number of anilines is 1. The van der Waals surface area contributed by atoms with E-state index in [0.29, 0.717) is 23.9 Å². The summed E-state index contributed by atoms with van der Waals surface area (Å²) >= 11 is 5.83. The Labute approximate surface area is 112 Å². The second kappa shape index (κ2) is 6.38. The van der Waals surface area contributed by atoms with Gasteiger partial charge in [-0.15, -0.1) is 0 Å². The van der Waals surface area contributed by atoms with Gasteiger partial charge < -0.3 is 10.5 Å². The van der Waals surface area contributed by atoms with Crippen LogP contribution >= 0.6 is 11.6 Å². The van der Waals surface area contributed by atoms with E-state index in [-0.39, 0.29) is 0 Å². The first kappa shape index (κ1) is 12.9. The highest BCUT2D eigenvalue weighted by molar-refractivity contribution is 6.30. The van der Waals surface area contributed by atoms with Crippen molar-refractivity contribution in [2.24, 2.45) is 0 Å². The van der Waals surface area contributed by atoms with Gasteiger partial charge in [-0.1, -0.05) is 23.7 Å². The molecule has 0 saturated heterocycles. The van der Waals surface area contributed by atoms with Gasteiger partial charge in [0.25, 0.3) is 0 Å². The molecule has 0 spiro atoms. The van der Waals surface area contributed by atoms with Gasteiger partial charge in [0.05, 0.1) is 13.2 Å². The van der Waals surface area contributed by atoms with Crippen LogP contribution in [0.5, 0.6) is 0 Å². The predicted molar refractivity (Wildman–Crippen MR) is 73.5 cm³/mol. The van der Waals surface area contributed by atoms with Gasteiger partial charge in [0, 0.05) is 34.6 Å². The van der Waals surface area contributed by atoms with E-state index < -0.39 is 0 Å². The number of nitrogens with two attached hydrogens (primary N) is 1. The molecule has 0 aliphatic heterocycles. The number of halogens is 1. The van der Waals surface area contributed by atoms with Gasteiger partial charge in [-0.2, -0.15) is 0 Å². The zero-order valence-corrected chi connectivity index (χ0v) is 10.7. The minimum atomic E-state index is 0.496. The average Bonchev–Trinajstić information content (AvgIpc) is 2.38. The summed E-state index contributed by atoms with van der Waals surface area (Å²) in [5.74, 6) is 0. The van der Waals surface area contributed by atoms with Crippen molar-refractivity contribution in [2.75, 3.05) is 12.3 Å². The van der Waals surface area contributed by atoms with Gasteiger partial charge in [0.15, 0.2) is 0 Å². The van der Waals surface area contributed by atoms with Crippen LogP contribution in [0.15, 0.2) is 42.6 Å². The normalized spacial score (nSPS) is 10.5. The molecule has 94 valence electrons. The summed E-state index contributed by atoms with van der Waals surface area (Å²) in [6.45, 7) is 1.12. The molecule has 1 aromatic heterocycles. The number of benzene rings is 1. The summed E-state index contributed by atoms with van der Waals surface area (Å²) in [6.07, 6.45) is 2.58. The summed E-state index contributed by atoms with van der Waals surface area (Å²) in [6, 6.07) is 11.3. The molecule has 2 rings (SSSR count). The fourth-order valence-corrected chi connectivity index (χ4v) is 1.78. The highest BCUT2D eigenvalue weighted by Gasteiger charge is 2.00. The largest absolute Gasteiger partial charge is 0.398 e. The van der Waals surface area contributed by atoms with Crippen molar-refractivity contribution in [3.8, 4) is 0 Å². The quantitative estimate of drug-likeness (QED) is 0.665. The SMILES string of the molecule is Nc1cc(Cl)ccc1COCCc1ccccn1. The summed E-state index contributed by atoms with van der Waals surface area (Å²) in [7, 11) is 0. The van der Waals surface area contributed by atoms with E-state index in [2.05, 4.69) is 4.98 Å². The van der Waals surface area contributed by atoms with Crippen LogP contribution in [0.2, 0.25) is 5.02 Å². The van der Waals surface area contributed by atoms with E-state index in [1.165, 1.54) is 0 Å². The summed E-state index contributed by atoms with van der Waals surface area (Å²) in [5.41, 5.74) is 8.49. The molecule has 0 aliphatic carbocycles. The third-order valence-electron chi connectivity index (χ3n) is 2.59. The molecule has 2 N–H and O–H groups in total. The lowest BCUT2D eigenvalue weighted by Crippen LogP contribution is -2.02. The predicted octanol–water partition coefficient (Wildman–Crippen LogP) is 3.08. The van der Waals surface area contributed by atoms with E-state index >= 15 is 0 Å². The molecule has 0 aliphatic rings. The zero-order chi connectivity index (χ0) is 12.8. The Kier molecular flexibility index (Phi) is 4.56. The number of rotatable bonds is 5. The first-order valence-corrected chi connectivity index (χ1v) is 6.15.